The van der Waals surface area contributed by atoms with Gasteiger partial charge in [0.25, 0.3) is 11.5 Å². The Morgan fingerprint density at radius 2 is 2.16 bits per heavy atom. The number of carbonyl (C=O) groups is 1. The average Bonchev–Trinajstić information content (AvgIpc) is 2.62. The first-order valence-electron chi connectivity index (χ1n) is 8.52. The minimum atomic E-state index is -0.390. The summed E-state index contributed by atoms with van der Waals surface area (Å²) in [7, 11) is 0. The number of rotatable bonds is 2. The molecule has 1 aromatic carbocycles. The molecule has 2 heterocycles. The maximum Gasteiger partial charge on any atom is 0.261 e. The summed E-state index contributed by atoms with van der Waals surface area (Å²) in [5.41, 5.74) is 3.32. The molecule has 1 amide bonds. The highest BCUT2D eigenvalue weighted by atomic mass is 16.2. The van der Waals surface area contributed by atoms with Gasteiger partial charge in [0.05, 0.1) is 11.2 Å². The minimum Gasteiger partial charge on any atom is -0.325 e. The Kier molecular flexibility index (Phi) is 3.84. The first-order chi connectivity index (χ1) is 12.1. The van der Waals surface area contributed by atoms with Gasteiger partial charge < -0.3 is 10.3 Å². The summed E-state index contributed by atoms with van der Waals surface area (Å²) in [5, 5.41) is 3.71. The van der Waals surface area contributed by atoms with Crippen molar-refractivity contribution in [2.75, 3.05) is 5.32 Å². The van der Waals surface area contributed by atoms with E-state index in [9.17, 15) is 9.59 Å². The molecule has 2 aromatic heterocycles. The molecule has 1 aliphatic carbocycles. The summed E-state index contributed by atoms with van der Waals surface area (Å²) in [6, 6.07) is 11.0. The van der Waals surface area contributed by atoms with Crippen LogP contribution < -0.4 is 10.9 Å². The number of fused-ring (bicyclic) bond motifs is 2. The van der Waals surface area contributed by atoms with Gasteiger partial charge in [-0.25, -0.2) is 0 Å². The molecule has 4 rings (SSSR count). The van der Waals surface area contributed by atoms with Gasteiger partial charge >= 0.3 is 0 Å². The van der Waals surface area contributed by atoms with Crippen LogP contribution in [0.3, 0.4) is 0 Å². The molecular formula is C20H19N3O2. The van der Waals surface area contributed by atoms with Gasteiger partial charge in [0.15, 0.2) is 0 Å². The number of aryl methyl sites for hydroxylation is 1. The molecule has 0 saturated heterocycles. The molecule has 126 valence electrons. The zero-order valence-corrected chi connectivity index (χ0v) is 14.0. The third kappa shape index (κ3) is 2.93. The van der Waals surface area contributed by atoms with Gasteiger partial charge in [-0.15, -0.1) is 0 Å². The topological polar surface area (TPSA) is 74.8 Å². The maximum atomic E-state index is 12.7. The van der Waals surface area contributed by atoms with E-state index in [1.54, 1.807) is 12.3 Å². The van der Waals surface area contributed by atoms with E-state index in [-0.39, 0.29) is 11.1 Å². The maximum absolute atomic E-state index is 12.7. The number of hydrogen-bond donors (Lipinski definition) is 2. The van der Waals surface area contributed by atoms with E-state index in [1.165, 1.54) is 0 Å². The molecule has 1 atom stereocenters. The molecule has 0 spiro atoms. The molecule has 0 radical (unpaired) electrons. The monoisotopic (exact) mass is 333 g/mol. The number of nitrogens with one attached hydrogen (secondary N) is 2. The number of amides is 1. The Labute approximate surface area is 145 Å². The van der Waals surface area contributed by atoms with Crippen molar-refractivity contribution in [2.24, 2.45) is 5.92 Å². The van der Waals surface area contributed by atoms with Crippen LogP contribution in [0.15, 0.2) is 47.4 Å². The smallest absolute Gasteiger partial charge is 0.261 e. The number of pyridine rings is 2. The molecule has 0 aliphatic heterocycles. The van der Waals surface area contributed by atoms with Gasteiger partial charge in [0, 0.05) is 17.3 Å². The molecule has 5 heteroatoms. The molecule has 2 N–H and O–H groups in total. The predicted molar refractivity (Wildman–Crippen MR) is 97.9 cm³/mol. The third-order valence-electron chi connectivity index (χ3n) is 4.81. The molecule has 0 fully saturated rings. The van der Waals surface area contributed by atoms with Gasteiger partial charge in [-0.1, -0.05) is 13.0 Å². The number of H-pyrrole nitrogens is 1. The van der Waals surface area contributed by atoms with E-state index >= 15 is 0 Å². The lowest BCUT2D eigenvalue weighted by Gasteiger charge is -2.21. The van der Waals surface area contributed by atoms with Gasteiger partial charge in [0.2, 0.25) is 0 Å². The van der Waals surface area contributed by atoms with Crippen LogP contribution in [-0.4, -0.2) is 15.9 Å². The van der Waals surface area contributed by atoms with Crippen molar-refractivity contribution in [1.82, 2.24) is 9.97 Å². The molecule has 0 bridgehead atoms. The number of anilines is 1. The first-order valence-corrected chi connectivity index (χ1v) is 8.52. The van der Waals surface area contributed by atoms with Crippen LogP contribution in [0.5, 0.6) is 0 Å². The summed E-state index contributed by atoms with van der Waals surface area (Å²) >= 11 is 0. The first kappa shape index (κ1) is 15.6. The fourth-order valence-corrected chi connectivity index (χ4v) is 3.46. The molecular weight excluding hydrogens is 314 g/mol. The third-order valence-corrected chi connectivity index (χ3v) is 4.81. The Morgan fingerprint density at radius 3 is 3.04 bits per heavy atom. The Balaban J connectivity index is 1.69. The molecule has 5 nitrogen and oxygen atoms in total. The van der Waals surface area contributed by atoms with E-state index in [2.05, 4.69) is 22.2 Å². The second-order valence-corrected chi connectivity index (χ2v) is 6.69. The van der Waals surface area contributed by atoms with Crippen LogP contribution in [0.1, 0.15) is 35.0 Å². The van der Waals surface area contributed by atoms with Crippen molar-refractivity contribution in [3.05, 3.63) is 69.8 Å². The van der Waals surface area contributed by atoms with Crippen molar-refractivity contribution in [2.45, 2.75) is 26.2 Å². The zero-order valence-electron chi connectivity index (χ0n) is 14.0. The van der Waals surface area contributed by atoms with E-state index in [1.807, 2.05) is 30.3 Å². The largest absolute Gasteiger partial charge is 0.325 e. The van der Waals surface area contributed by atoms with Crippen molar-refractivity contribution in [3.63, 3.8) is 0 Å². The zero-order chi connectivity index (χ0) is 17.4. The average molecular weight is 333 g/mol. The van der Waals surface area contributed by atoms with E-state index < -0.39 is 5.91 Å². The summed E-state index contributed by atoms with van der Waals surface area (Å²) < 4.78 is 0. The van der Waals surface area contributed by atoms with E-state index in [0.717, 1.165) is 41.4 Å². The number of hydrogen-bond acceptors (Lipinski definition) is 3. The second kappa shape index (κ2) is 6.16. The van der Waals surface area contributed by atoms with Crippen LogP contribution in [-0.2, 0) is 12.8 Å². The Bertz CT molecular complexity index is 1020. The highest BCUT2D eigenvalue weighted by Gasteiger charge is 2.20. The van der Waals surface area contributed by atoms with Crippen LogP contribution in [0.2, 0.25) is 0 Å². The number of benzene rings is 1. The molecule has 1 aliphatic rings. The van der Waals surface area contributed by atoms with Crippen LogP contribution in [0, 0.1) is 5.92 Å². The number of aromatic amines is 1. The van der Waals surface area contributed by atoms with E-state index in [0.29, 0.717) is 11.6 Å². The van der Waals surface area contributed by atoms with Crippen LogP contribution >= 0.6 is 0 Å². The van der Waals surface area contributed by atoms with Crippen LogP contribution in [0.25, 0.3) is 10.9 Å². The van der Waals surface area contributed by atoms with Crippen molar-refractivity contribution >= 4 is 22.5 Å². The quantitative estimate of drug-likeness (QED) is 0.755. The fourth-order valence-electron chi connectivity index (χ4n) is 3.46. The second-order valence-electron chi connectivity index (χ2n) is 6.69. The van der Waals surface area contributed by atoms with Gasteiger partial charge in [-0.2, -0.15) is 0 Å². The van der Waals surface area contributed by atoms with Crippen molar-refractivity contribution < 1.29 is 4.79 Å². The van der Waals surface area contributed by atoms with E-state index in [4.69, 9.17) is 0 Å². The summed E-state index contributed by atoms with van der Waals surface area (Å²) in [4.78, 5) is 32.2. The van der Waals surface area contributed by atoms with Gasteiger partial charge in [-0.05, 0) is 61.1 Å². The molecule has 1 unspecified atom stereocenters. The molecule has 0 saturated carbocycles. The lowest BCUT2D eigenvalue weighted by atomic mass is 9.87. The number of aromatic nitrogens is 2. The van der Waals surface area contributed by atoms with Crippen molar-refractivity contribution in [1.29, 1.82) is 0 Å². The highest BCUT2D eigenvalue weighted by Crippen LogP contribution is 2.24. The summed E-state index contributed by atoms with van der Waals surface area (Å²) in [5.74, 6) is 0.178. The Morgan fingerprint density at radius 1 is 1.28 bits per heavy atom. The standard InChI is InChI=1S/C20H19N3O2/c1-12-7-8-16-13(10-12)11-15(19(24)22-16)20(25)23-18-6-2-5-17-14(18)4-3-9-21-17/h2-6,9,11-12H,7-8,10H2,1H3,(H,22,24)(H,23,25). The lowest BCUT2D eigenvalue weighted by Crippen LogP contribution is -2.27. The number of nitrogens with zero attached hydrogens (tertiary/aromatic N) is 1. The van der Waals surface area contributed by atoms with Crippen LogP contribution in [0.4, 0.5) is 5.69 Å². The SMILES string of the molecule is CC1CCc2[nH]c(=O)c(C(=O)Nc3cccc4ncccc34)cc2C1. The Hall–Kier alpha value is -2.95. The lowest BCUT2D eigenvalue weighted by molar-refractivity contribution is 0.102. The number of carbonyl (C=O) groups excluding carboxylic acids is 1. The predicted octanol–water partition coefficient (Wildman–Crippen LogP) is 3.30. The summed E-state index contributed by atoms with van der Waals surface area (Å²) in [6.07, 6.45) is 4.54. The molecule has 3 aromatic rings. The van der Waals surface area contributed by atoms with Gasteiger partial charge in [0.1, 0.15) is 5.56 Å². The van der Waals surface area contributed by atoms with Gasteiger partial charge in [-0.3, -0.25) is 14.6 Å². The highest BCUT2D eigenvalue weighted by molar-refractivity contribution is 6.08. The van der Waals surface area contributed by atoms with Crippen molar-refractivity contribution in [3.8, 4) is 0 Å². The minimum absolute atomic E-state index is 0.161. The normalized spacial score (nSPS) is 16.4. The fraction of sp³-hybridized carbons (Fsp3) is 0.250. The summed E-state index contributed by atoms with van der Waals surface area (Å²) in [6.45, 7) is 2.19. The molecule has 25 heavy (non-hydrogen) atoms.